The number of ether oxygens (including phenoxy) is 2. The standard InChI is InChI=1S/C13H15BrN2O3/c1-7(2)18-13-10(17-3)5-4-8(14)12(13)9-6-11(15)19-16-9/h4-7H,15H2,1-3H3. The number of aromatic nitrogens is 1. The normalized spacial score (nSPS) is 10.8. The van der Waals surface area contributed by atoms with E-state index in [4.69, 9.17) is 19.7 Å². The SMILES string of the molecule is COc1ccc(Br)c(-c2cc(N)on2)c1OC(C)C. The molecule has 0 aliphatic carbocycles. The summed E-state index contributed by atoms with van der Waals surface area (Å²) < 4.78 is 16.9. The van der Waals surface area contributed by atoms with Crippen LogP contribution in [0.5, 0.6) is 11.5 Å². The van der Waals surface area contributed by atoms with E-state index in [2.05, 4.69) is 21.1 Å². The van der Waals surface area contributed by atoms with Gasteiger partial charge in [-0.05, 0) is 41.9 Å². The largest absolute Gasteiger partial charge is 0.493 e. The lowest BCUT2D eigenvalue weighted by atomic mass is 10.1. The van der Waals surface area contributed by atoms with Crippen molar-refractivity contribution < 1.29 is 14.0 Å². The minimum atomic E-state index is 0.00574. The maximum Gasteiger partial charge on any atom is 0.222 e. The molecule has 0 fully saturated rings. The van der Waals surface area contributed by atoms with Crippen LogP contribution in [0.1, 0.15) is 13.8 Å². The van der Waals surface area contributed by atoms with Crippen molar-refractivity contribution in [2.75, 3.05) is 12.8 Å². The van der Waals surface area contributed by atoms with Crippen LogP contribution in [0.3, 0.4) is 0 Å². The molecule has 2 rings (SSSR count). The van der Waals surface area contributed by atoms with Gasteiger partial charge in [-0.3, -0.25) is 0 Å². The Labute approximate surface area is 119 Å². The fourth-order valence-corrected chi connectivity index (χ4v) is 2.21. The van der Waals surface area contributed by atoms with E-state index in [9.17, 15) is 0 Å². The molecule has 0 spiro atoms. The molecule has 0 radical (unpaired) electrons. The molecular formula is C13H15BrN2O3. The molecule has 0 saturated carbocycles. The van der Waals surface area contributed by atoms with E-state index in [0.717, 1.165) is 10.0 Å². The molecule has 102 valence electrons. The summed E-state index contributed by atoms with van der Waals surface area (Å²) >= 11 is 3.49. The van der Waals surface area contributed by atoms with Gasteiger partial charge in [-0.2, -0.15) is 0 Å². The average Bonchev–Trinajstić information content (AvgIpc) is 2.75. The molecule has 0 atom stereocenters. The van der Waals surface area contributed by atoms with E-state index in [1.165, 1.54) is 0 Å². The lowest BCUT2D eigenvalue weighted by Crippen LogP contribution is -2.08. The third-order valence-corrected chi connectivity index (χ3v) is 3.09. The summed E-state index contributed by atoms with van der Waals surface area (Å²) in [5.74, 6) is 1.49. The summed E-state index contributed by atoms with van der Waals surface area (Å²) in [6.07, 6.45) is 0.00574. The Hall–Kier alpha value is -1.69. The van der Waals surface area contributed by atoms with Crippen molar-refractivity contribution in [3.05, 3.63) is 22.7 Å². The van der Waals surface area contributed by atoms with Crippen molar-refractivity contribution >= 4 is 21.8 Å². The molecule has 5 nitrogen and oxygen atoms in total. The van der Waals surface area contributed by atoms with Gasteiger partial charge in [0, 0.05) is 10.5 Å². The molecule has 2 N–H and O–H groups in total. The van der Waals surface area contributed by atoms with Crippen LogP contribution >= 0.6 is 15.9 Å². The first-order valence-electron chi connectivity index (χ1n) is 5.78. The third kappa shape index (κ3) is 2.84. The molecule has 0 aliphatic heterocycles. The van der Waals surface area contributed by atoms with Gasteiger partial charge in [0.25, 0.3) is 0 Å². The predicted molar refractivity (Wildman–Crippen MR) is 76.4 cm³/mol. The van der Waals surface area contributed by atoms with Crippen LogP contribution in [0.4, 0.5) is 5.88 Å². The third-order valence-electron chi connectivity index (χ3n) is 2.43. The zero-order chi connectivity index (χ0) is 14.0. The van der Waals surface area contributed by atoms with Crippen molar-refractivity contribution in [2.45, 2.75) is 20.0 Å². The number of nitrogens with two attached hydrogens (primary N) is 1. The topological polar surface area (TPSA) is 70.5 Å². The molecule has 0 saturated heterocycles. The molecule has 6 heteroatoms. The second-order valence-electron chi connectivity index (χ2n) is 4.23. The van der Waals surface area contributed by atoms with Crippen molar-refractivity contribution in [3.8, 4) is 22.8 Å². The van der Waals surface area contributed by atoms with Gasteiger partial charge >= 0.3 is 0 Å². The molecule has 1 aromatic carbocycles. The molecule has 1 aromatic heterocycles. The van der Waals surface area contributed by atoms with Gasteiger partial charge in [0.15, 0.2) is 11.5 Å². The van der Waals surface area contributed by atoms with Crippen LogP contribution in [0, 0.1) is 0 Å². The Kier molecular flexibility index (Phi) is 3.99. The number of hydrogen-bond acceptors (Lipinski definition) is 5. The summed E-state index contributed by atoms with van der Waals surface area (Å²) in [6.45, 7) is 3.89. The van der Waals surface area contributed by atoms with Gasteiger partial charge in [-0.1, -0.05) is 5.16 Å². The number of hydrogen-bond donors (Lipinski definition) is 1. The van der Waals surface area contributed by atoms with E-state index in [-0.39, 0.29) is 12.0 Å². The van der Waals surface area contributed by atoms with Crippen molar-refractivity contribution in [3.63, 3.8) is 0 Å². The number of nitrogen functional groups attached to an aromatic ring is 1. The highest BCUT2D eigenvalue weighted by Gasteiger charge is 2.20. The maximum absolute atomic E-state index is 5.83. The van der Waals surface area contributed by atoms with Crippen molar-refractivity contribution in [1.29, 1.82) is 0 Å². The highest BCUT2D eigenvalue weighted by atomic mass is 79.9. The molecule has 1 heterocycles. The molecular weight excluding hydrogens is 312 g/mol. The van der Waals surface area contributed by atoms with Crippen LogP contribution in [0.25, 0.3) is 11.3 Å². The minimum Gasteiger partial charge on any atom is -0.493 e. The summed E-state index contributed by atoms with van der Waals surface area (Å²) in [5, 5.41) is 3.92. The molecule has 0 aliphatic rings. The van der Waals surface area contributed by atoms with Gasteiger partial charge < -0.3 is 19.7 Å². The molecule has 2 aromatic rings. The van der Waals surface area contributed by atoms with Gasteiger partial charge in [0.05, 0.1) is 18.8 Å². The summed E-state index contributed by atoms with van der Waals surface area (Å²) in [7, 11) is 1.59. The van der Waals surface area contributed by atoms with Gasteiger partial charge in [0.1, 0.15) is 5.69 Å². The minimum absolute atomic E-state index is 0.00574. The van der Waals surface area contributed by atoms with Crippen LogP contribution in [0.2, 0.25) is 0 Å². The van der Waals surface area contributed by atoms with E-state index in [0.29, 0.717) is 17.2 Å². The number of nitrogens with zero attached hydrogens (tertiary/aromatic N) is 1. The van der Waals surface area contributed by atoms with Gasteiger partial charge in [-0.25, -0.2) is 0 Å². The first kappa shape index (κ1) is 13.7. The van der Waals surface area contributed by atoms with Crippen LogP contribution in [-0.2, 0) is 0 Å². The Morgan fingerprint density at radius 3 is 2.63 bits per heavy atom. The molecule has 0 unspecified atom stereocenters. The number of anilines is 1. The second kappa shape index (κ2) is 5.52. The van der Waals surface area contributed by atoms with E-state index in [1.807, 2.05) is 26.0 Å². The summed E-state index contributed by atoms with van der Waals surface area (Å²) in [6, 6.07) is 5.34. The summed E-state index contributed by atoms with van der Waals surface area (Å²) in [5.41, 5.74) is 6.93. The first-order chi connectivity index (χ1) is 9.02. The Morgan fingerprint density at radius 1 is 1.37 bits per heavy atom. The predicted octanol–water partition coefficient (Wildman–Crippen LogP) is 3.48. The average molecular weight is 327 g/mol. The number of benzene rings is 1. The van der Waals surface area contributed by atoms with Crippen LogP contribution < -0.4 is 15.2 Å². The lowest BCUT2D eigenvalue weighted by molar-refractivity contribution is 0.231. The second-order valence-corrected chi connectivity index (χ2v) is 5.09. The molecule has 0 amide bonds. The number of rotatable bonds is 4. The zero-order valence-corrected chi connectivity index (χ0v) is 12.5. The number of halogens is 1. The Bertz CT molecular complexity index is 581. The molecule has 0 bridgehead atoms. The van der Waals surface area contributed by atoms with Gasteiger partial charge in [-0.15, -0.1) is 0 Å². The van der Waals surface area contributed by atoms with Gasteiger partial charge in [0.2, 0.25) is 5.88 Å². The van der Waals surface area contributed by atoms with Crippen molar-refractivity contribution in [1.82, 2.24) is 5.16 Å². The van der Waals surface area contributed by atoms with E-state index >= 15 is 0 Å². The highest BCUT2D eigenvalue weighted by molar-refractivity contribution is 9.10. The van der Waals surface area contributed by atoms with Crippen LogP contribution in [0.15, 0.2) is 27.2 Å². The smallest absolute Gasteiger partial charge is 0.222 e. The Balaban J connectivity index is 2.62. The van der Waals surface area contributed by atoms with E-state index in [1.54, 1.807) is 13.2 Å². The Morgan fingerprint density at radius 2 is 2.11 bits per heavy atom. The number of methoxy groups -OCH3 is 1. The highest BCUT2D eigenvalue weighted by Crippen LogP contribution is 2.43. The zero-order valence-electron chi connectivity index (χ0n) is 10.9. The maximum atomic E-state index is 5.83. The van der Waals surface area contributed by atoms with E-state index < -0.39 is 0 Å². The first-order valence-corrected chi connectivity index (χ1v) is 6.58. The van der Waals surface area contributed by atoms with Crippen molar-refractivity contribution in [2.24, 2.45) is 0 Å². The quantitative estimate of drug-likeness (QED) is 0.931. The summed E-state index contributed by atoms with van der Waals surface area (Å²) in [4.78, 5) is 0. The molecule has 19 heavy (non-hydrogen) atoms. The lowest BCUT2D eigenvalue weighted by Gasteiger charge is -2.17. The fraction of sp³-hybridized carbons (Fsp3) is 0.308. The fourth-order valence-electron chi connectivity index (χ4n) is 1.70. The monoisotopic (exact) mass is 326 g/mol. The van der Waals surface area contributed by atoms with Crippen LogP contribution in [-0.4, -0.2) is 18.4 Å².